The molecule has 1 atom stereocenters. The number of imide groups is 1. The highest BCUT2D eigenvalue weighted by molar-refractivity contribution is 5.97. The highest BCUT2D eigenvalue weighted by atomic mass is 19.1. The minimum atomic E-state index is -1.18. The van der Waals surface area contributed by atoms with Gasteiger partial charge >= 0.3 is 12.0 Å². The number of aryl methyl sites for hydroxylation is 1. The third-order valence-corrected chi connectivity index (χ3v) is 3.56. The van der Waals surface area contributed by atoms with Gasteiger partial charge in [0.25, 0.3) is 5.91 Å². The molecule has 2 aromatic rings. The van der Waals surface area contributed by atoms with Gasteiger partial charge in [-0.15, -0.1) is 0 Å². The van der Waals surface area contributed by atoms with Crippen molar-refractivity contribution in [2.75, 3.05) is 6.54 Å². The van der Waals surface area contributed by atoms with Crippen molar-refractivity contribution in [2.45, 2.75) is 32.8 Å². The molecule has 0 aliphatic carbocycles. The number of nitrogens with zero attached hydrogens (tertiary/aromatic N) is 1. The third kappa shape index (κ3) is 5.60. The lowest BCUT2D eigenvalue weighted by Crippen LogP contribution is -2.44. The molecule has 0 radical (unpaired) electrons. The van der Waals surface area contributed by atoms with Crippen LogP contribution in [0.25, 0.3) is 11.3 Å². The van der Waals surface area contributed by atoms with E-state index in [1.807, 2.05) is 5.32 Å². The van der Waals surface area contributed by atoms with E-state index in [-0.39, 0.29) is 30.1 Å². The number of nitrogens with one attached hydrogen (secondary N) is 2. The molecule has 3 amide bonds. The topological polar surface area (TPSA) is 111 Å². The Morgan fingerprint density at radius 1 is 1.25 bits per heavy atom. The first kappa shape index (κ1) is 21.0. The minimum absolute atomic E-state index is 0.000432. The molecule has 0 aliphatic rings. The van der Waals surface area contributed by atoms with E-state index in [4.69, 9.17) is 9.15 Å². The highest BCUT2D eigenvalue weighted by Crippen LogP contribution is 2.26. The fourth-order valence-electron chi connectivity index (χ4n) is 2.21. The van der Waals surface area contributed by atoms with Gasteiger partial charge in [0, 0.05) is 13.0 Å². The van der Waals surface area contributed by atoms with Crippen molar-refractivity contribution in [1.29, 1.82) is 0 Å². The number of carbonyl (C=O) groups is 3. The lowest BCUT2D eigenvalue weighted by Gasteiger charge is -2.12. The zero-order chi connectivity index (χ0) is 20.7. The molecule has 0 saturated carbocycles. The quantitative estimate of drug-likeness (QED) is 0.696. The number of hydrogen-bond acceptors (Lipinski definition) is 6. The summed E-state index contributed by atoms with van der Waals surface area (Å²) < 4.78 is 37.7. The molecular formula is C18H19F2N3O5. The Kier molecular flexibility index (Phi) is 7.19. The van der Waals surface area contributed by atoms with Gasteiger partial charge in [0.15, 0.2) is 17.8 Å². The maximum absolute atomic E-state index is 13.7. The average Bonchev–Trinajstić information content (AvgIpc) is 3.08. The average molecular weight is 395 g/mol. The summed E-state index contributed by atoms with van der Waals surface area (Å²) in [6, 6.07) is 2.71. The van der Waals surface area contributed by atoms with Gasteiger partial charge in [-0.1, -0.05) is 6.07 Å². The molecule has 150 valence electrons. The zero-order valence-corrected chi connectivity index (χ0v) is 15.3. The minimum Gasteiger partial charge on any atom is -0.453 e. The number of urea groups is 1. The number of rotatable bonds is 7. The molecule has 0 saturated heterocycles. The van der Waals surface area contributed by atoms with Crippen LogP contribution in [0.2, 0.25) is 0 Å². The summed E-state index contributed by atoms with van der Waals surface area (Å²) in [5.41, 5.74) is -0.348. The van der Waals surface area contributed by atoms with E-state index in [2.05, 4.69) is 10.3 Å². The summed E-state index contributed by atoms with van der Waals surface area (Å²) in [4.78, 5) is 38.7. The van der Waals surface area contributed by atoms with Crippen LogP contribution in [0.15, 0.2) is 28.8 Å². The number of hydrogen-bond donors (Lipinski definition) is 2. The molecule has 0 bridgehead atoms. The van der Waals surface area contributed by atoms with Gasteiger partial charge < -0.3 is 14.5 Å². The predicted molar refractivity (Wildman–Crippen MR) is 92.9 cm³/mol. The van der Waals surface area contributed by atoms with Gasteiger partial charge in [0.2, 0.25) is 0 Å². The molecule has 0 aliphatic heterocycles. The first-order valence-corrected chi connectivity index (χ1v) is 8.49. The summed E-state index contributed by atoms with van der Waals surface area (Å²) in [6.07, 6.45) is -0.203. The van der Waals surface area contributed by atoms with Crippen LogP contribution in [0, 0.1) is 11.6 Å². The molecule has 1 heterocycles. The maximum atomic E-state index is 13.7. The Morgan fingerprint density at radius 3 is 2.57 bits per heavy atom. The highest BCUT2D eigenvalue weighted by Gasteiger charge is 2.21. The third-order valence-electron chi connectivity index (χ3n) is 3.56. The first-order valence-electron chi connectivity index (χ1n) is 8.49. The van der Waals surface area contributed by atoms with Gasteiger partial charge in [-0.3, -0.25) is 14.9 Å². The summed E-state index contributed by atoms with van der Waals surface area (Å²) in [5, 5.41) is 4.39. The molecule has 1 aromatic carbocycles. The SMILES string of the molecule is CCNC(=O)NC(=O)C(C)OC(=O)CCc1ncc(-c2c(F)cccc2F)o1. The number of ether oxygens (including phenoxy) is 1. The second kappa shape index (κ2) is 9.58. The number of amides is 3. The number of carbonyl (C=O) groups excluding carboxylic acids is 3. The van der Waals surface area contributed by atoms with Crippen molar-refractivity contribution in [3.05, 3.63) is 41.9 Å². The second-order valence-electron chi connectivity index (χ2n) is 5.70. The van der Waals surface area contributed by atoms with E-state index in [0.29, 0.717) is 6.54 Å². The van der Waals surface area contributed by atoms with Crippen LogP contribution in [-0.2, 0) is 20.7 Å². The van der Waals surface area contributed by atoms with E-state index < -0.39 is 35.6 Å². The molecule has 2 N–H and O–H groups in total. The lowest BCUT2D eigenvalue weighted by molar-refractivity contribution is -0.154. The summed E-state index contributed by atoms with van der Waals surface area (Å²) in [6.45, 7) is 3.33. The van der Waals surface area contributed by atoms with Gasteiger partial charge in [0.1, 0.15) is 11.6 Å². The van der Waals surface area contributed by atoms with Crippen LogP contribution >= 0.6 is 0 Å². The molecule has 1 unspecified atom stereocenters. The van der Waals surface area contributed by atoms with E-state index in [1.54, 1.807) is 6.92 Å². The molecule has 10 heteroatoms. The Labute approximate surface area is 159 Å². The molecule has 0 spiro atoms. The van der Waals surface area contributed by atoms with Crippen molar-refractivity contribution in [1.82, 2.24) is 15.6 Å². The van der Waals surface area contributed by atoms with Crippen molar-refractivity contribution in [3.63, 3.8) is 0 Å². The van der Waals surface area contributed by atoms with Crippen LogP contribution in [-0.4, -0.2) is 35.5 Å². The van der Waals surface area contributed by atoms with Gasteiger partial charge in [0.05, 0.1) is 18.2 Å². The van der Waals surface area contributed by atoms with E-state index >= 15 is 0 Å². The molecule has 8 nitrogen and oxygen atoms in total. The molecular weight excluding hydrogens is 376 g/mol. The van der Waals surface area contributed by atoms with Crippen molar-refractivity contribution < 1.29 is 32.3 Å². The van der Waals surface area contributed by atoms with E-state index in [0.717, 1.165) is 18.3 Å². The predicted octanol–water partition coefficient (Wildman–Crippen LogP) is 2.33. The largest absolute Gasteiger partial charge is 0.453 e. The smallest absolute Gasteiger partial charge is 0.321 e. The monoisotopic (exact) mass is 395 g/mol. The molecule has 2 rings (SSSR count). The van der Waals surface area contributed by atoms with Crippen LogP contribution in [0.4, 0.5) is 13.6 Å². The van der Waals surface area contributed by atoms with Crippen molar-refractivity contribution in [2.24, 2.45) is 0 Å². The maximum Gasteiger partial charge on any atom is 0.321 e. The first-order chi connectivity index (χ1) is 13.3. The van der Waals surface area contributed by atoms with Gasteiger partial charge in [-0.25, -0.2) is 18.6 Å². The molecule has 1 aromatic heterocycles. The van der Waals surface area contributed by atoms with Crippen molar-refractivity contribution in [3.8, 4) is 11.3 Å². The number of benzene rings is 1. The number of esters is 1. The summed E-state index contributed by atoms with van der Waals surface area (Å²) in [5.74, 6) is -3.12. The fraction of sp³-hybridized carbons (Fsp3) is 0.333. The van der Waals surface area contributed by atoms with Crippen LogP contribution in [0.3, 0.4) is 0 Å². The Bertz CT molecular complexity index is 848. The number of aromatic nitrogens is 1. The van der Waals surface area contributed by atoms with Crippen LogP contribution < -0.4 is 10.6 Å². The van der Waals surface area contributed by atoms with Crippen molar-refractivity contribution >= 4 is 17.9 Å². The standard InChI is InChI=1S/C18H19F2N3O5/c1-3-21-18(26)23-17(25)10(2)27-15(24)8-7-14-22-9-13(28-14)16-11(19)5-4-6-12(16)20/h4-6,9-10H,3,7-8H2,1-2H3,(H2,21,23,25,26). The summed E-state index contributed by atoms with van der Waals surface area (Å²) >= 11 is 0. The Balaban J connectivity index is 1.87. The fourth-order valence-corrected chi connectivity index (χ4v) is 2.21. The summed E-state index contributed by atoms with van der Waals surface area (Å²) in [7, 11) is 0. The van der Waals surface area contributed by atoms with E-state index in [1.165, 1.54) is 13.0 Å². The number of halogens is 2. The Hall–Kier alpha value is -3.30. The zero-order valence-electron chi connectivity index (χ0n) is 15.3. The van der Waals surface area contributed by atoms with Gasteiger partial charge in [-0.05, 0) is 26.0 Å². The molecule has 0 fully saturated rings. The lowest BCUT2D eigenvalue weighted by atomic mass is 10.1. The molecule has 28 heavy (non-hydrogen) atoms. The van der Waals surface area contributed by atoms with Crippen LogP contribution in [0.5, 0.6) is 0 Å². The van der Waals surface area contributed by atoms with Gasteiger partial charge in [-0.2, -0.15) is 0 Å². The normalized spacial score (nSPS) is 11.6. The Morgan fingerprint density at radius 2 is 1.93 bits per heavy atom. The second-order valence-corrected chi connectivity index (χ2v) is 5.70. The van der Waals surface area contributed by atoms with Crippen LogP contribution in [0.1, 0.15) is 26.2 Å². The van der Waals surface area contributed by atoms with E-state index in [9.17, 15) is 23.2 Å². The number of oxazole rings is 1.